The fourth-order valence-corrected chi connectivity index (χ4v) is 3.02. The summed E-state index contributed by atoms with van der Waals surface area (Å²) < 4.78 is 5.63. The smallest absolute Gasteiger partial charge is 0.178 e. The first-order valence-electron chi connectivity index (χ1n) is 10.2. The number of rotatable bonds is 16. The molecule has 0 aliphatic heterocycles. The number of benzene rings is 1. The number of ether oxygens (including phenoxy) is 1. The van der Waals surface area contributed by atoms with E-state index in [0.717, 1.165) is 18.8 Å². The summed E-state index contributed by atoms with van der Waals surface area (Å²) in [7, 11) is 0. The molecule has 24 heavy (non-hydrogen) atoms. The van der Waals surface area contributed by atoms with Crippen LogP contribution in [0.2, 0.25) is 0 Å². The average Bonchev–Trinajstić information content (AvgIpc) is 2.60. The quantitative estimate of drug-likeness (QED) is 0.285. The van der Waals surface area contributed by atoms with Crippen molar-refractivity contribution >= 4 is 0 Å². The van der Waals surface area contributed by atoms with Gasteiger partial charge < -0.3 is 4.74 Å². The lowest BCUT2D eigenvalue weighted by molar-refractivity contribution is 0.302. The van der Waals surface area contributed by atoms with Crippen LogP contribution in [0.15, 0.2) is 24.3 Å². The molecule has 0 atom stereocenters. The molecular weight excluding hydrogens is 296 g/mol. The van der Waals surface area contributed by atoms with Crippen LogP contribution in [0.1, 0.15) is 96.8 Å². The summed E-state index contributed by atoms with van der Waals surface area (Å²) in [5, 5.41) is 11.0. The second-order valence-corrected chi connectivity index (χ2v) is 6.92. The summed E-state index contributed by atoms with van der Waals surface area (Å²) in [5.74, 6) is 0.850. The topological polar surface area (TPSA) is 29.1 Å². The SMILES string of the molecule is CCCCCCCCCCCCCCCCOc1ccc([O])cc1. The highest BCUT2D eigenvalue weighted by molar-refractivity contribution is 5.29. The summed E-state index contributed by atoms with van der Waals surface area (Å²) in [6.07, 6.45) is 19.2. The Kier molecular flexibility index (Phi) is 13.3. The molecule has 0 fully saturated rings. The molecule has 0 unspecified atom stereocenters. The summed E-state index contributed by atoms with van der Waals surface area (Å²) >= 11 is 0. The Morgan fingerprint density at radius 1 is 0.625 bits per heavy atom. The predicted molar refractivity (Wildman–Crippen MR) is 102 cm³/mol. The van der Waals surface area contributed by atoms with Gasteiger partial charge in [0.1, 0.15) is 5.75 Å². The number of hydrogen-bond donors (Lipinski definition) is 0. The third kappa shape index (κ3) is 12.3. The van der Waals surface area contributed by atoms with Gasteiger partial charge in [-0.15, -0.1) is 0 Å². The molecule has 1 rings (SSSR count). The molecular formula is C22H37O2. The Balaban J connectivity index is 1.75. The molecule has 0 saturated carbocycles. The van der Waals surface area contributed by atoms with Crippen molar-refractivity contribution in [1.29, 1.82) is 0 Å². The van der Waals surface area contributed by atoms with Crippen molar-refractivity contribution in [2.24, 2.45) is 0 Å². The van der Waals surface area contributed by atoms with Crippen LogP contribution in [0.4, 0.5) is 0 Å². The van der Waals surface area contributed by atoms with E-state index in [1.807, 2.05) is 0 Å². The lowest BCUT2D eigenvalue weighted by Crippen LogP contribution is -1.96. The molecule has 0 aliphatic rings. The molecule has 0 aromatic heterocycles. The first-order chi connectivity index (χ1) is 11.8. The highest BCUT2D eigenvalue weighted by atomic mass is 16.5. The maximum atomic E-state index is 11.0. The standard InChI is InChI=1S/C22H37O2/c1-2-3-4-5-6-7-8-9-10-11-12-13-14-15-20-24-22-18-16-21(23)17-19-22/h16-19H,2-15,20H2,1H3. The zero-order valence-electron chi connectivity index (χ0n) is 15.7. The first-order valence-corrected chi connectivity index (χ1v) is 10.2. The molecule has 0 aliphatic carbocycles. The summed E-state index contributed by atoms with van der Waals surface area (Å²) in [6.45, 7) is 3.04. The van der Waals surface area contributed by atoms with E-state index >= 15 is 0 Å². The van der Waals surface area contributed by atoms with Gasteiger partial charge in [0.05, 0.1) is 6.61 Å². The van der Waals surface area contributed by atoms with E-state index in [1.54, 1.807) is 24.3 Å². The van der Waals surface area contributed by atoms with Gasteiger partial charge in [-0.2, -0.15) is 0 Å². The molecule has 1 aromatic carbocycles. The van der Waals surface area contributed by atoms with Crippen LogP contribution >= 0.6 is 0 Å². The zero-order chi connectivity index (χ0) is 17.3. The van der Waals surface area contributed by atoms with Gasteiger partial charge in [0.15, 0.2) is 5.75 Å². The Labute approximate surface area is 149 Å². The van der Waals surface area contributed by atoms with E-state index in [9.17, 15) is 5.11 Å². The number of hydrogen-bond acceptors (Lipinski definition) is 1. The van der Waals surface area contributed by atoms with Gasteiger partial charge in [-0.05, 0) is 30.7 Å². The van der Waals surface area contributed by atoms with Crippen LogP contribution in [0, 0.1) is 0 Å². The Morgan fingerprint density at radius 2 is 1.04 bits per heavy atom. The van der Waals surface area contributed by atoms with E-state index in [2.05, 4.69) is 6.92 Å². The minimum Gasteiger partial charge on any atom is -0.494 e. The van der Waals surface area contributed by atoms with Gasteiger partial charge in [0.2, 0.25) is 0 Å². The lowest BCUT2D eigenvalue weighted by atomic mass is 10.0. The van der Waals surface area contributed by atoms with E-state index in [4.69, 9.17) is 4.74 Å². The minimum atomic E-state index is 0.0406. The van der Waals surface area contributed by atoms with Crippen molar-refractivity contribution in [3.8, 4) is 11.5 Å². The largest absolute Gasteiger partial charge is 0.494 e. The van der Waals surface area contributed by atoms with Gasteiger partial charge in [-0.1, -0.05) is 90.4 Å². The average molecular weight is 334 g/mol. The third-order valence-corrected chi connectivity index (χ3v) is 4.59. The van der Waals surface area contributed by atoms with Crippen LogP contribution in [-0.2, 0) is 5.11 Å². The van der Waals surface area contributed by atoms with Crippen LogP contribution in [0.3, 0.4) is 0 Å². The fourth-order valence-electron chi connectivity index (χ4n) is 3.02. The summed E-state index contributed by atoms with van der Waals surface area (Å²) in [4.78, 5) is 0. The molecule has 137 valence electrons. The second kappa shape index (κ2) is 15.4. The molecule has 0 spiro atoms. The Morgan fingerprint density at radius 3 is 1.50 bits per heavy atom. The second-order valence-electron chi connectivity index (χ2n) is 6.92. The third-order valence-electron chi connectivity index (χ3n) is 4.59. The first kappa shape index (κ1) is 20.9. The highest BCUT2D eigenvalue weighted by Gasteiger charge is 1.96. The molecule has 2 heteroatoms. The summed E-state index contributed by atoms with van der Waals surface area (Å²) in [6, 6.07) is 6.62. The van der Waals surface area contributed by atoms with E-state index in [-0.39, 0.29) is 5.75 Å². The van der Waals surface area contributed by atoms with Crippen LogP contribution in [0.25, 0.3) is 0 Å². The van der Waals surface area contributed by atoms with Gasteiger partial charge in [0, 0.05) is 0 Å². The van der Waals surface area contributed by atoms with Crippen molar-refractivity contribution in [3.63, 3.8) is 0 Å². The maximum absolute atomic E-state index is 11.0. The molecule has 0 saturated heterocycles. The molecule has 0 bridgehead atoms. The highest BCUT2D eigenvalue weighted by Crippen LogP contribution is 2.17. The van der Waals surface area contributed by atoms with E-state index in [1.165, 1.54) is 83.5 Å². The van der Waals surface area contributed by atoms with Gasteiger partial charge in [-0.25, -0.2) is 0 Å². The molecule has 1 radical (unpaired) electrons. The van der Waals surface area contributed by atoms with Crippen molar-refractivity contribution in [2.45, 2.75) is 96.8 Å². The van der Waals surface area contributed by atoms with Crippen molar-refractivity contribution in [1.82, 2.24) is 0 Å². The monoisotopic (exact) mass is 333 g/mol. The minimum absolute atomic E-state index is 0.0406. The predicted octanol–water partition coefficient (Wildman–Crippen LogP) is 7.69. The molecule has 0 amide bonds. The van der Waals surface area contributed by atoms with E-state index < -0.39 is 0 Å². The lowest BCUT2D eigenvalue weighted by Gasteiger charge is -2.06. The number of unbranched alkanes of at least 4 members (excludes halogenated alkanes) is 13. The van der Waals surface area contributed by atoms with Gasteiger partial charge in [-0.3, -0.25) is 5.11 Å². The van der Waals surface area contributed by atoms with Crippen LogP contribution in [-0.4, -0.2) is 6.61 Å². The molecule has 0 N–H and O–H groups in total. The van der Waals surface area contributed by atoms with Gasteiger partial charge >= 0.3 is 0 Å². The Bertz CT molecular complexity index is 372. The molecule has 1 aromatic rings. The molecule has 0 heterocycles. The Hall–Kier alpha value is -1.18. The zero-order valence-corrected chi connectivity index (χ0v) is 15.7. The van der Waals surface area contributed by atoms with Crippen LogP contribution in [0.5, 0.6) is 11.5 Å². The summed E-state index contributed by atoms with van der Waals surface area (Å²) in [5.41, 5.74) is 0. The maximum Gasteiger partial charge on any atom is 0.178 e. The van der Waals surface area contributed by atoms with E-state index in [0.29, 0.717) is 0 Å². The fraction of sp³-hybridized carbons (Fsp3) is 0.727. The van der Waals surface area contributed by atoms with Crippen molar-refractivity contribution in [3.05, 3.63) is 24.3 Å². The van der Waals surface area contributed by atoms with Crippen molar-refractivity contribution < 1.29 is 9.84 Å². The van der Waals surface area contributed by atoms with Gasteiger partial charge in [0.25, 0.3) is 0 Å². The molecule has 2 nitrogen and oxygen atoms in total. The van der Waals surface area contributed by atoms with Crippen LogP contribution < -0.4 is 4.74 Å². The van der Waals surface area contributed by atoms with Crippen molar-refractivity contribution in [2.75, 3.05) is 6.61 Å². The normalized spacial score (nSPS) is 10.9.